The zero-order valence-electron chi connectivity index (χ0n) is 11.3. The van der Waals surface area contributed by atoms with Crippen LogP contribution in [0.4, 0.5) is 0 Å². The minimum Gasteiger partial charge on any atom is -0.455 e. The Morgan fingerprint density at radius 2 is 2.05 bits per heavy atom. The van der Waals surface area contributed by atoms with Crippen LogP contribution in [0.1, 0.15) is 27.7 Å². The van der Waals surface area contributed by atoms with E-state index in [-0.39, 0.29) is 16.1 Å². The normalized spacial score (nSPS) is 27.1. The molecule has 0 aromatic heterocycles. The lowest BCUT2D eigenvalue weighted by Gasteiger charge is -2.48. The van der Waals surface area contributed by atoms with E-state index >= 15 is 0 Å². The molecule has 2 aliphatic heterocycles. The number of nitrogens with zero attached hydrogens (tertiary/aromatic N) is 1. The van der Waals surface area contributed by atoms with Crippen LogP contribution >= 0.6 is 27.7 Å². The molecule has 2 atom stereocenters. The Balaban J connectivity index is 2.35. The van der Waals surface area contributed by atoms with Gasteiger partial charge >= 0.3 is 5.97 Å². The van der Waals surface area contributed by atoms with Crippen molar-refractivity contribution in [2.45, 2.75) is 43.5 Å². The maximum absolute atomic E-state index is 12.3. The van der Waals surface area contributed by atoms with E-state index in [4.69, 9.17) is 4.74 Å². The van der Waals surface area contributed by atoms with Crippen molar-refractivity contribution in [1.82, 2.24) is 4.90 Å². The molecule has 19 heavy (non-hydrogen) atoms. The lowest BCUT2D eigenvalue weighted by atomic mass is 10.1. The van der Waals surface area contributed by atoms with Crippen LogP contribution in [-0.4, -0.2) is 32.6 Å². The van der Waals surface area contributed by atoms with Crippen LogP contribution in [0.3, 0.4) is 0 Å². The first-order chi connectivity index (χ1) is 8.63. The summed E-state index contributed by atoms with van der Waals surface area (Å²) < 4.78 is 5.38. The smallest absolute Gasteiger partial charge is 0.355 e. The molecule has 0 aromatic carbocycles. The number of halogens is 1. The Morgan fingerprint density at radius 3 is 2.58 bits per heavy atom. The SMILES string of the molecule is C=C1S[C@@H]2[C@@H](Br)C(=O)N2C(C(=O)OC(C)(C)C)=C1C. The number of carbonyl (C=O) groups excluding carboxylic acids is 2. The van der Waals surface area contributed by atoms with Gasteiger partial charge in [-0.2, -0.15) is 0 Å². The molecular formula is C13H16BrNO3S. The molecule has 2 rings (SSSR count). The fourth-order valence-electron chi connectivity index (χ4n) is 1.90. The number of rotatable bonds is 1. The summed E-state index contributed by atoms with van der Waals surface area (Å²) in [7, 11) is 0. The van der Waals surface area contributed by atoms with E-state index in [1.165, 1.54) is 16.7 Å². The van der Waals surface area contributed by atoms with Crippen molar-refractivity contribution in [3.05, 3.63) is 22.8 Å². The summed E-state index contributed by atoms with van der Waals surface area (Å²) in [5, 5.41) is -0.105. The molecule has 104 valence electrons. The van der Waals surface area contributed by atoms with Gasteiger partial charge in [-0.25, -0.2) is 4.79 Å². The number of allylic oxidation sites excluding steroid dienone is 1. The molecule has 1 amide bonds. The lowest BCUT2D eigenvalue weighted by molar-refractivity contribution is -0.156. The molecule has 0 aliphatic carbocycles. The number of esters is 1. The fraction of sp³-hybridized carbons (Fsp3) is 0.538. The van der Waals surface area contributed by atoms with Gasteiger partial charge in [-0.05, 0) is 33.3 Å². The van der Waals surface area contributed by atoms with Gasteiger partial charge in [-0.15, -0.1) is 0 Å². The summed E-state index contributed by atoms with van der Waals surface area (Å²) in [6, 6.07) is 0. The van der Waals surface area contributed by atoms with E-state index in [9.17, 15) is 9.59 Å². The third-order valence-corrected chi connectivity index (χ3v) is 5.41. The fourth-order valence-corrected chi connectivity index (χ4v) is 3.80. The Labute approximate surface area is 125 Å². The summed E-state index contributed by atoms with van der Waals surface area (Å²) in [4.78, 5) is 26.2. The van der Waals surface area contributed by atoms with E-state index < -0.39 is 11.6 Å². The van der Waals surface area contributed by atoms with Crippen LogP contribution in [0.15, 0.2) is 22.8 Å². The number of amides is 1. The van der Waals surface area contributed by atoms with Crippen molar-refractivity contribution in [1.29, 1.82) is 0 Å². The van der Waals surface area contributed by atoms with E-state index in [1.807, 2.05) is 0 Å². The second kappa shape index (κ2) is 4.66. The monoisotopic (exact) mass is 345 g/mol. The van der Waals surface area contributed by atoms with Gasteiger partial charge in [0.05, 0.1) is 0 Å². The molecule has 0 radical (unpaired) electrons. The minimum atomic E-state index is -0.590. The van der Waals surface area contributed by atoms with E-state index in [2.05, 4.69) is 22.5 Å². The molecule has 6 heteroatoms. The van der Waals surface area contributed by atoms with E-state index in [0.717, 1.165) is 4.91 Å². The highest BCUT2D eigenvalue weighted by atomic mass is 79.9. The Morgan fingerprint density at radius 1 is 1.47 bits per heavy atom. The molecule has 4 nitrogen and oxygen atoms in total. The summed E-state index contributed by atoms with van der Waals surface area (Å²) in [5.41, 5.74) is 0.445. The first-order valence-corrected chi connectivity index (χ1v) is 7.70. The number of carbonyl (C=O) groups is 2. The highest BCUT2D eigenvalue weighted by Crippen LogP contribution is 2.48. The standard InChI is InChI=1S/C13H16BrNO3S/c1-6-7(2)19-11-8(14)10(16)15(11)9(6)12(17)18-13(3,4)5/h8,11H,2H2,1,3-5H3/t8-,11+/m0/s1. The quantitative estimate of drug-likeness (QED) is 0.416. The van der Waals surface area contributed by atoms with Crippen LogP contribution in [-0.2, 0) is 14.3 Å². The highest BCUT2D eigenvalue weighted by molar-refractivity contribution is 9.10. The van der Waals surface area contributed by atoms with Gasteiger partial charge in [-0.3, -0.25) is 9.69 Å². The summed E-state index contributed by atoms with van der Waals surface area (Å²) in [6.07, 6.45) is 0. The molecule has 0 bridgehead atoms. The first kappa shape index (κ1) is 14.7. The van der Waals surface area contributed by atoms with Gasteiger partial charge in [0.15, 0.2) is 0 Å². The molecule has 0 spiro atoms. The van der Waals surface area contributed by atoms with Crippen molar-refractivity contribution in [2.24, 2.45) is 0 Å². The van der Waals surface area contributed by atoms with Gasteiger partial charge in [-0.1, -0.05) is 34.3 Å². The summed E-state index contributed by atoms with van der Waals surface area (Å²) >= 11 is 4.82. The van der Waals surface area contributed by atoms with Crippen LogP contribution < -0.4 is 0 Å². The topological polar surface area (TPSA) is 46.6 Å². The van der Waals surface area contributed by atoms with Crippen LogP contribution in [0.25, 0.3) is 0 Å². The van der Waals surface area contributed by atoms with Crippen LogP contribution in [0, 0.1) is 0 Å². The second-order valence-electron chi connectivity index (χ2n) is 5.52. The van der Waals surface area contributed by atoms with Gasteiger partial charge in [0.2, 0.25) is 5.91 Å². The molecule has 1 saturated heterocycles. The average molecular weight is 346 g/mol. The molecule has 0 unspecified atom stereocenters. The van der Waals surface area contributed by atoms with Crippen molar-refractivity contribution in [3.8, 4) is 0 Å². The second-order valence-corrected chi connectivity index (χ2v) is 7.72. The van der Waals surface area contributed by atoms with E-state index in [1.54, 1.807) is 27.7 Å². The highest BCUT2D eigenvalue weighted by Gasteiger charge is 2.53. The van der Waals surface area contributed by atoms with Gasteiger partial charge in [0.1, 0.15) is 21.5 Å². The number of hydrogen-bond donors (Lipinski definition) is 0. The molecule has 0 saturated carbocycles. The molecule has 0 N–H and O–H groups in total. The zero-order valence-corrected chi connectivity index (χ0v) is 13.7. The molecule has 1 fully saturated rings. The van der Waals surface area contributed by atoms with Gasteiger partial charge < -0.3 is 4.74 Å². The number of hydrogen-bond acceptors (Lipinski definition) is 4. The third kappa shape index (κ3) is 2.48. The number of ether oxygens (including phenoxy) is 1. The number of thioether (sulfide) groups is 1. The third-order valence-electron chi connectivity index (χ3n) is 2.85. The molecule has 0 aromatic rings. The predicted octanol–water partition coefficient (Wildman–Crippen LogP) is 2.79. The van der Waals surface area contributed by atoms with Crippen molar-refractivity contribution in [3.63, 3.8) is 0 Å². The Kier molecular flexibility index (Phi) is 3.60. The maximum atomic E-state index is 12.3. The van der Waals surface area contributed by atoms with Crippen LogP contribution in [0.5, 0.6) is 0 Å². The lowest BCUT2D eigenvalue weighted by Crippen LogP contribution is -2.62. The van der Waals surface area contributed by atoms with E-state index in [0.29, 0.717) is 11.3 Å². The molecule has 2 heterocycles. The predicted molar refractivity (Wildman–Crippen MR) is 78.6 cm³/mol. The van der Waals surface area contributed by atoms with Crippen LogP contribution in [0.2, 0.25) is 0 Å². The minimum absolute atomic E-state index is 0.105. The molecular weight excluding hydrogens is 330 g/mol. The van der Waals surface area contributed by atoms with Gasteiger partial charge in [0, 0.05) is 4.91 Å². The maximum Gasteiger partial charge on any atom is 0.355 e. The first-order valence-electron chi connectivity index (χ1n) is 5.91. The Hall–Kier alpha value is -0.750. The largest absolute Gasteiger partial charge is 0.455 e. The number of β-lactam (4-membered cyclic amide) rings is 1. The van der Waals surface area contributed by atoms with Gasteiger partial charge in [0.25, 0.3) is 0 Å². The molecule has 2 aliphatic rings. The van der Waals surface area contributed by atoms with Crippen molar-refractivity contribution in [2.75, 3.05) is 0 Å². The van der Waals surface area contributed by atoms with Crippen molar-refractivity contribution < 1.29 is 14.3 Å². The number of alkyl halides is 1. The zero-order chi connectivity index (χ0) is 14.5. The van der Waals surface area contributed by atoms with Crippen molar-refractivity contribution >= 4 is 39.6 Å². The summed E-state index contributed by atoms with van der Waals surface area (Å²) in [6.45, 7) is 11.1. The summed E-state index contributed by atoms with van der Waals surface area (Å²) in [5.74, 6) is -0.575. The average Bonchev–Trinajstić information content (AvgIpc) is 2.28. The number of fused-ring (bicyclic) bond motifs is 1. The Bertz CT molecular complexity index is 507.